The first kappa shape index (κ1) is 92.6. The number of nitrogens with two attached hydrogens (primary N) is 2. The minimum Gasteiger partial charge on any atom is -0.870 e. The maximum absolute atomic E-state index is 13.8. The van der Waals surface area contributed by atoms with E-state index in [1.807, 2.05) is 44.2 Å². The standard InChI is InChI=1S/C29H33N5O6.C17H21N3O4.2C12H13BrN2O2.C7H7BrN2O2.2CH4.Li.H2O/c1-5-40-28(37)20-16-31-24(30-15-18-8-9-19(38-3)13-23(18)39-4)14-21(20)32-22-12-17(2)25-26(35)33-29(10-6-7-11-29)34(25)27(22)36;1-4-24-17(21)13-10-20-16(8-14(13)18)19-9-11-5-6-12(22-2)7-15(11)23-3;2*1-7-6-8(13)11(17)15-9(7)10(16)14-12(15)4-2-3-5-12;1-3-2-4(8)7(12)10-5(3)6(9)11;;;;/h8-9,12-14,16H,5-7,10-11,15H2,1-4H3,(H,33,35)(H2,30,31,32);5-8,10H,4,9H2,1-3H3,(H3,18,19,20);2*6H,2-5H2,1H3,(H,14,16);2H,1H3,(H2,9,11)(H,10,12);2*1H4;;1H2/q;;;;;;;+1;/p-1. The van der Waals surface area contributed by atoms with Gasteiger partial charge in [-0.3, -0.25) is 52.1 Å². The van der Waals surface area contributed by atoms with Gasteiger partial charge in [-0.05, 0) is 237 Å². The van der Waals surface area contributed by atoms with E-state index in [9.17, 15) is 47.9 Å². The zero-order valence-electron chi connectivity index (χ0n) is 63.9. The van der Waals surface area contributed by atoms with Crippen LogP contribution in [0, 0.1) is 27.7 Å². The zero-order valence-corrected chi connectivity index (χ0v) is 68.7. The minimum atomic E-state index is -0.710. The summed E-state index contributed by atoms with van der Waals surface area (Å²) in [4.78, 5) is 132. The van der Waals surface area contributed by atoms with Gasteiger partial charge < -0.3 is 82.2 Å². The van der Waals surface area contributed by atoms with Gasteiger partial charge in [0.1, 0.15) is 91.2 Å². The van der Waals surface area contributed by atoms with E-state index in [0.717, 1.165) is 92.2 Å². The Hall–Kier alpha value is -10.2. The van der Waals surface area contributed by atoms with E-state index in [-0.39, 0.29) is 115 Å². The van der Waals surface area contributed by atoms with Crippen molar-refractivity contribution in [3.63, 3.8) is 0 Å². The molecule has 3 aliphatic heterocycles. The summed E-state index contributed by atoms with van der Waals surface area (Å²) >= 11 is 9.59. The van der Waals surface area contributed by atoms with Crippen LogP contribution in [-0.2, 0) is 39.6 Å². The molecule has 3 aliphatic carbocycles. The largest absolute Gasteiger partial charge is 1.00 e. The quantitative estimate of drug-likeness (QED) is 0.0303. The number of hydrogen-bond donors (Lipinski definition) is 9. The number of carbonyl (C=O) groups is 6. The van der Waals surface area contributed by atoms with Crippen molar-refractivity contribution >= 4 is 112 Å². The number of hydrogen-bond acceptors (Lipinski definition) is 23. The number of rotatable bonds is 17. The molecule has 6 aromatic heterocycles. The summed E-state index contributed by atoms with van der Waals surface area (Å²) in [6.07, 6.45) is 13.7. The van der Waals surface area contributed by atoms with Gasteiger partial charge in [-0.1, -0.05) is 14.9 Å². The van der Waals surface area contributed by atoms with Gasteiger partial charge in [0.15, 0.2) is 0 Å². The van der Waals surface area contributed by atoms with Gasteiger partial charge in [-0.25, -0.2) is 19.6 Å². The number of pyridine rings is 6. The van der Waals surface area contributed by atoms with Crippen LogP contribution < -0.4 is 103 Å². The molecule has 3 fully saturated rings. The number of primary amides is 1. The van der Waals surface area contributed by atoms with Crippen molar-refractivity contribution in [2.75, 3.05) is 63.3 Å². The van der Waals surface area contributed by atoms with Crippen molar-refractivity contribution in [1.29, 1.82) is 0 Å². The molecule has 0 saturated heterocycles. The Morgan fingerprint density at radius 1 is 0.509 bits per heavy atom. The normalized spacial score (nSPS) is 14.6. The Labute approximate surface area is 696 Å². The molecule has 8 aromatic rings. The third kappa shape index (κ3) is 19.6. The SMILES string of the molecule is C.C.CCOC(=O)c1cnc(NCc2ccc(OC)cc2OC)cc1N.CCOC(=O)c1cnc(NCc2ccc(OC)cc2OC)cc1Nc1cc(C)c2n(c1=O)C1(CCCC1)NC2=O.Cc1cc(Br)c(=O)[nH]c1C(N)=O.Cc1cc(Br)c(=O)n2c1C(=O)NC21CCCC1.Cc1cc(Br)c(=O)n2c1C(=O)NC21CCCC1.[Li+].[OH-]. The minimum absolute atomic E-state index is 0. The number of aryl methyl sites for hydroxylation is 4. The number of methoxy groups -OCH3 is 4. The molecule has 35 heteroatoms. The summed E-state index contributed by atoms with van der Waals surface area (Å²) in [7, 11) is 6.38. The number of nitrogen functional groups attached to an aromatic ring is 1. The first-order chi connectivity index (χ1) is 52.5. The third-order valence-corrected chi connectivity index (χ3v) is 21.5. The van der Waals surface area contributed by atoms with E-state index < -0.39 is 34.8 Å². The number of fused-ring (bicyclic) bond motifs is 6. The summed E-state index contributed by atoms with van der Waals surface area (Å²) in [6.45, 7) is 12.0. The fourth-order valence-electron chi connectivity index (χ4n) is 14.6. The van der Waals surface area contributed by atoms with Crippen molar-refractivity contribution in [2.45, 2.75) is 164 Å². The maximum Gasteiger partial charge on any atom is 1.00 e. The van der Waals surface area contributed by atoms with Gasteiger partial charge >= 0.3 is 30.8 Å². The molecule has 0 radical (unpaired) electrons. The van der Waals surface area contributed by atoms with Crippen LogP contribution in [0.15, 0.2) is 118 Å². The molecule has 9 heterocycles. The molecule has 0 unspecified atom stereocenters. The molecule has 6 aliphatic rings. The number of H-pyrrole nitrogens is 1. The number of nitrogens with one attached hydrogen (secondary N) is 7. The molecule has 3 saturated carbocycles. The van der Waals surface area contributed by atoms with Crippen molar-refractivity contribution in [3.8, 4) is 23.0 Å². The van der Waals surface area contributed by atoms with Gasteiger partial charge in [-0.2, -0.15) is 0 Å². The first-order valence-corrected chi connectivity index (χ1v) is 37.9. The van der Waals surface area contributed by atoms with Crippen LogP contribution in [0.1, 0.15) is 202 Å². The second-order valence-electron chi connectivity index (χ2n) is 26.9. The smallest absolute Gasteiger partial charge is 0.870 e. The van der Waals surface area contributed by atoms with Crippen LogP contribution in [0.4, 0.5) is 28.7 Å². The number of ether oxygens (including phenoxy) is 6. The number of nitrogens with zero attached hydrogens (tertiary/aromatic N) is 5. The molecule has 606 valence electrons. The van der Waals surface area contributed by atoms with E-state index >= 15 is 0 Å². The first-order valence-electron chi connectivity index (χ1n) is 35.6. The molecular weight excluding hydrogens is 1660 g/mol. The second kappa shape index (κ2) is 39.7. The van der Waals surface area contributed by atoms with Gasteiger partial charge in [0.2, 0.25) is 0 Å². The van der Waals surface area contributed by atoms with Crippen molar-refractivity contribution in [1.82, 2.24) is 44.6 Å². The number of esters is 2. The molecule has 2 aromatic carbocycles. The van der Waals surface area contributed by atoms with Crippen molar-refractivity contribution < 1.29 is 81.5 Å². The maximum atomic E-state index is 13.8. The summed E-state index contributed by atoms with van der Waals surface area (Å²) in [6, 6.07) is 21.0. The molecule has 14 rings (SSSR count). The van der Waals surface area contributed by atoms with E-state index in [0.29, 0.717) is 108 Å². The van der Waals surface area contributed by atoms with Gasteiger partial charge in [0, 0.05) is 60.9 Å². The Kier molecular flexibility index (Phi) is 32.2. The molecule has 3 spiro atoms. The van der Waals surface area contributed by atoms with Crippen LogP contribution in [0.25, 0.3) is 0 Å². The number of carbonyl (C=O) groups excluding carboxylic acids is 6. The average Bonchev–Trinajstić information content (AvgIpc) is 1.58. The van der Waals surface area contributed by atoms with Crippen LogP contribution in [0.2, 0.25) is 0 Å². The zero-order chi connectivity index (χ0) is 79.7. The van der Waals surface area contributed by atoms with E-state index in [4.69, 9.17) is 39.9 Å². The van der Waals surface area contributed by atoms with Gasteiger partial charge in [-0.15, -0.1) is 0 Å². The molecule has 12 N–H and O–H groups in total. The average molecular weight is 1760 g/mol. The topological polar surface area (TPSA) is 437 Å². The number of anilines is 5. The number of aromatic amines is 1. The summed E-state index contributed by atoms with van der Waals surface area (Å²) in [5.41, 5.74) is 16.1. The van der Waals surface area contributed by atoms with Crippen LogP contribution in [0.3, 0.4) is 0 Å². The number of halogens is 3. The fourth-order valence-corrected chi connectivity index (χ4v) is 16.0. The van der Waals surface area contributed by atoms with E-state index in [1.54, 1.807) is 112 Å². The van der Waals surface area contributed by atoms with Crippen LogP contribution in [-0.4, -0.2) is 111 Å². The predicted molar refractivity (Wildman–Crippen MR) is 439 cm³/mol. The third-order valence-electron chi connectivity index (χ3n) is 19.8. The molecular formula is C79H96Br3LiN14O17. The number of benzene rings is 2. The fraction of sp³-hybridized carbons (Fsp3) is 0.392. The summed E-state index contributed by atoms with van der Waals surface area (Å²) < 4.78 is 37.8. The van der Waals surface area contributed by atoms with Crippen LogP contribution >= 0.6 is 47.8 Å². The number of amides is 4. The molecule has 4 amide bonds. The summed E-state index contributed by atoms with van der Waals surface area (Å²) in [5.74, 6) is 1.63. The summed E-state index contributed by atoms with van der Waals surface area (Å²) in [5, 5.41) is 18.6. The molecule has 0 bridgehead atoms. The Balaban J connectivity index is 0.000000235. The van der Waals surface area contributed by atoms with Crippen molar-refractivity contribution in [3.05, 3.63) is 207 Å². The predicted octanol–water partition coefficient (Wildman–Crippen LogP) is 8.96. The molecule has 114 heavy (non-hydrogen) atoms. The van der Waals surface area contributed by atoms with E-state index in [1.165, 1.54) is 12.4 Å². The molecule has 0 atom stereocenters. The van der Waals surface area contributed by atoms with Crippen molar-refractivity contribution in [2.24, 2.45) is 5.73 Å². The Morgan fingerprint density at radius 3 is 1.27 bits per heavy atom. The number of aromatic nitrogens is 6. The second-order valence-corrected chi connectivity index (χ2v) is 29.5. The van der Waals surface area contributed by atoms with Crippen LogP contribution in [0.5, 0.6) is 23.0 Å². The van der Waals surface area contributed by atoms with E-state index in [2.05, 4.69) is 94.6 Å². The van der Waals surface area contributed by atoms with Gasteiger partial charge in [0.25, 0.3) is 45.9 Å². The van der Waals surface area contributed by atoms with Gasteiger partial charge in [0.05, 0.1) is 66.4 Å². The Morgan fingerprint density at radius 2 is 0.886 bits per heavy atom. The molecule has 31 nitrogen and oxygen atoms in total. The monoisotopic (exact) mass is 1760 g/mol. The Bertz CT molecular complexity index is 5080.